The molecular formula is C26H32Cl2N2O3S. The second kappa shape index (κ2) is 13.3. The number of ether oxygens (including phenoxy) is 1. The lowest BCUT2D eigenvalue weighted by Gasteiger charge is -2.31. The largest absolute Gasteiger partial charge is 0.497 e. The topological polar surface area (TPSA) is 58.6 Å². The van der Waals surface area contributed by atoms with Crippen molar-refractivity contribution in [2.45, 2.75) is 63.4 Å². The summed E-state index contributed by atoms with van der Waals surface area (Å²) in [5.41, 5.74) is 1.87. The van der Waals surface area contributed by atoms with Crippen LogP contribution >= 0.6 is 35.0 Å². The van der Waals surface area contributed by atoms with Crippen LogP contribution in [-0.2, 0) is 21.9 Å². The van der Waals surface area contributed by atoms with Gasteiger partial charge in [-0.05, 0) is 55.2 Å². The second-order valence-electron chi connectivity index (χ2n) is 8.62. The van der Waals surface area contributed by atoms with Crippen LogP contribution in [0.5, 0.6) is 5.75 Å². The number of nitrogens with one attached hydrogen (secondary N) is 1. The Morgan fingerprint density at radius 3 is 2.47 bits per heavy atom. The van der Waals surface area contributed by atoms with E-state index < -0.39 is 6.04 Å². The summed E-state index contributed by atoms with van der Waals surface area (Å²) in [7, 11) is 1.62. The molecule has 0 radical (unpaired) electrons. The summed E-state index contributed by atoms with van der Waals surface area (Å²) in [5.74, 6) is 1.40. The first-order valence-corrected chi connectivity index (χ1v) is 13.5. The molecule has 1 fully saturated rings. The Morgan fingerprint density at radius 1 is 1.12 bits per heavy atom. The lowest BCUT2D eigenvalue weighted by atomic mass is 9.95. The number of halogens is 2. The van der Waals surface area contributed by atoms with E-state index in [-0.39, 0.29) is 23.6 Å². The maximum absolute atomic E-state index is 13.3. The van der Waals surface area contributed by atoms with Crippen LogP contribution in [0.2, 0.25) is 10.0 Å². The molecule has 1 atom stereocenters. The van der Waals surface area contributed by atoms with Gasteiger partial charge in [0.2, 0.25) is 11.8 Å². The Hall–Kier alpha value is -1.89. The van der Waals surface area contributed by atoms with Crippen molar-refractivity contribution in [2.24, 2.45) is 0 Å². The average Bonchev–Trinajstić information content (AvgIpc) is 2.84. The molecule has 2 aromatic carbocycles. The fourth-order valence-corrected chi connectivity index (χ4v) is 5.52. The summed E-state index contributed by atoms with van der Waals surface area (Å²) < 4.78 is 5.24. The van der Waals surface area contributed by atoms with Gasteiger partial charge in [0.1, 0.15) is 11.8 Å². The van der Waals surface area contributed by atoms with Gasteiger partial charge in [-0.1, -0.05) is 60.7 Å². The van der Waals surface area contributed by atoms with Crippen LogP contribution in [0, 0.1) is 0 Å². The molecule has 1 aliphatic rings. The van der Waals surface area contributed by atoms with Crippen LogP contribution in [0.1, 0.15) is 50.2 Å². The molecule has 0 unspecified atom stereocenters. The lowest BCUT2D eigenvalue weighted by molar-refractivity contribution is -0.139. The molecule has 8 heteroatoms. The molecule has 2 aromatic rings. The minimum atomic E-state index is -0.573. The van der Waals surface area contributed by atoms with Crippen molar-refractivity contribution in [3.05, 3.63) is 63.6 Å². The van der Waals surface area contributed by atoms with E-state index in [9.17, 15) is 9.59 Å². The van der Waals surface area contributed by atoms with Crippen molar-refractivity contribution in [2.75, 3.05) is 12.9 Å². The van der Waals surface area contributed by atoms with E-state index in [1.807, 2.05) is 30.3 Å². The standard InChI is InChI=1S/C26H32Cl2N2O3S/c1-18(26(32)29-22-6-4-3-5-7-22)30(15-19-8-12-23(33-2)13-9-19)25(31)17-34-16-20-10-11-21(27)14-24(20)28/h8-14,18,22H,3-7,15-17H2,1-2H3,(H,29,32)/t18-/m0/s1. The van der Waals surface area contributed by atoms with Gasteiger partial charge in [-0.15, -0.1) is 11.8 Å². The number of rotatable bonds is 10. The average molecular weight is 524 g/mol. The first kappa shape index (κ1) is 26.7. The van der Waals surface area contributed by atoms with Crippen molar-refractivity contribution < 1.29 is 14.3 Å². The fourth-order valence-electron chi connectivity index (χ4n) is 4.05. The molecule has 34 heavy (non-hydrogen) atoms. The Bertz CT molecular complexity index is 965. The highest BCUT2D eigenvalue weighted by molar-refractivity contribution is 7.99. The summed E-state index contributed by atoms with van der Waals surface area (Å²) in [6, 6.07) is 12.6. The van der Waals surface area contributed by atoms with Crippen molar-refractivity contribution in [3.8, 4) is 5.75 Å². The molecule has 1 saturated carbocycles. The van der Waals surface area contributed by atoms with E-state index in [1.54, 1.807) is 31.1 Å². The van der Waals surface area contributed by atoms with E-state index in [2.05, 4.69) is 5.32 Å². The third-order valence-electron chi connectivity index (χ3n) is 6.13. The molecule has 0 aliphatic heterocycles. The smallest absolute Gasteiger partial charge is 0.242 e. The van der Waals surface area contributed by atoms with Crippen LogP contribution in [-0.4, -0.2) is 41.7 Å². The molecule has 2 amide bonds. The van der Waals surface area contributed by atoms with Gasteiger partial charge in [-0.3, -0.25) is 9.59 Å². The lowest BCUT2D eigenvalue weighted by Crippen LogP contribution is -2.50. The number of carbonyl (C=O) groups is 2. The highest BCUT2D eigenvalue weighted by Gasteiger charge is 2.28. The normalized spacial score (nSPS) is 14.9. The number of carbonyl (C=O) groups excluding carboxylic acids is 2. The minimum absolute atomic E-state index is 0.0859. The van der Waals surface area contributed by atoms with E-state index in [0.29, 0.717) is 22.3 Å². The maximum Gasteiger partial charge on any atom is 0.242 e. The third kappa shape index (κ3) is 7.82. The number of methoxy groups -OCH3 is 1. The maximum atomic E-state index is 13.3. The van der Waals surface area contributed by atoms with E-state index in [4.69, 9.17) is 27.9 Å². The Morgan fingerprint density at radius 2 is 1.82 bits per heavy atom. The SMILES string of the molecule is COc1ccc(CN(C(=O)CSCc2ccc(Cl)cc2Cl)[C@@H](C)C(=O)NC2CCCCC2)cc1. The Balaban J connectivity index is 1.66. The van der Waals surface area contributed by atoms with Gasteiger partial charge in [-0.2, -0.15) is 0 Å². The van der Waals surface area contributed by atoms with Crippen molar-refractivity contribution in [1.29, 1.82) is 0 Å². The van der Waals surface area contributed by atoms with Gasteiger partial charge in [0.25, 0.3) is 0 Å². The first-order chi connectivity index (χ1) is 16.4. The molecule has 1 aliphatic carbocycles. The number of thioether (sulfide) groups is 1. The predicted octanol–water partition coefficient (Wildman–Crippen LogP) is 6.10. The Kier molecular flexibility index (Phi) is 10.4. The molecule has 0 spiro atoms. The monoisotopic (exact) mass is 522 g/mol. The zero-order valence-corrected chi connectivity index (χ0v) is 22.0. The van der Waals surface area contributed by atoms with Gasteiger partial charge in [0.15, 0.2) is 0 Å². The zero-order valence-electron chi connectivity index (χ0n) is 19.7. The van der Waals surface area contributed by atoms with Crippen molar-refractivity contribution >= 4 is 46.8 Å². The van der Waals surface area contributed by atoms with Crippen LogP contribution in [0.15, 0.2) is 42.5 Å². The van der Waals surface area contributed by atoms with Gasteiger partial charge < -0.3 is 15.0 Å². The van der Waals surface area contributed by atoms with Crippen molar-refractivity contribution in [1.82, 2.24) is 10.2 Å². The summed E-state index contributed by atoms with van der Waals surface area (Å²) in [4.78, 5) is 28.0. The minimum Gasteiger partial charge on any atom is -0.497 e. The van der Waals surface area contributed by atoms with Crippen LogP contribution in [0.3, 0.4) is 0 Å². The number of hydrogen-bond donors (Lipinski definition) is 1. The van der Waals surface area contributed by atoms with Gasteiger partial charge in [0, 0.05) is 28.4 Å². The van der Waals surface area contributed by atoms with Crippen molar-refractivity contribution in [3.63, 3.8) is 0 Å². The first-order valence-electron chi connectivity index (χ1n) is 11.6. The second-order valence-corrected chi connectivity index (χ2v) is 10.4. The Labute approximate surface area is 216 Å². The molecular weight excluding hydrogens is 491 g/mol. The molecule has 1 N–H and O–H groups in total. The van der Waals surface area contributed by atoms with Gasteiger partial charge >= 0.3 is 0 Å². The number of benzene rings is 2. The van der Waals surface area contributed by atoms with E-state index in [0.717, 1.165) is 42.6 Å². The summed E-state index contributed by atoms with van der Waals surface area (Å²) >= 11 is 13.7. The van der Waals surface area contributed by atoms with E-state index >= 15 is 0 Å². The summed E-state index contributed by atoms with van der Waals surface area (Å²) in [6.07, 6.45) is 5.50. The van der Waals surface area contributed by atoms with Gasteiger partial charge in [-0.25, -0.2) is 0 Å². The molecule has 0 bridgehead atoms. The number of amides is 2. The number of nitrogens with zero attached hydrogens (tertiary/aromatic N) is 1. The molecule has 184 valence electrons. The molecule has 3 rings (SSSR count). The molecule has 0 heterocycles. The summed E-state index contributed by atoms with van der Waals surface area (Å²) in [5, 5.41) is 4.33. The van der Waals surface area contributed by atoms with E-state index in [1.165, 1.54) is 18.2 Å². The van der Waals surface area contributed by atoms with Crippen LogP contribution in [0.25, 0.3) is 0 Å². The molecule has 0 saturated heterocycles. The zero-order chi connectivity index (χ0) is 24.5. The number of hydrogen-bond acceptors (Lipinski definition) is 4. The quantitative estimate of drug-likeness (QED) is 0.409. The highest BCUT2D eigenvalue weighted by Crippen LogP contribution is 2.25. The van der Waals surface area contributed by atoms with Crippen LogP contribution in [0.4, 0.5) is 0 Å². The highest BCUT2D eigenvalue weighted by atomic mass is 35.5. The van der Waals surface area contributed by atoms with Crippen LogP contribution < -0.4 is 10.1 Å². The molecule has 0 aromatic heterocycles. The molecule has 5 nitrogen and oxygen atoms in total. The third-order valence-corrected chi connectivity index (χ3v) is 7.68. The summed E-state index contributed by atoms with van der Waals surface area (Å²) in [6.45, 7) is 2.16. The fraction of sp³-hybridized carbons (Fsp3) is 0.462. The van der Waals surface area contributed by atoms with Gasteiger partial charge in [0.05, 0.1) is 12.9 Å². The predicted molar refractivity (Wildman–Crippen MR) is 141 cm³/mol.